The lowest BCUT2D eigenvalue weighted by molar-refractivity contribution is 0.0697. The smallest absolute Gasteiger partial charge is 0.337 e. The summed E-state index contributed by atoms with van der Waals surface area (Å²) in [6.45, 7) is 3.67. The van der Waals surface area contributed by atoms with Gasteiger partial charge in [0, 0.05) is 5.69 Å². The molecule has 1 aromatic rings. The molecule has 0 aliphatic carbocycles. The molecule has 20 heavy (non-hydrogen) atoms. The Morgan fingerprint density at radius 3 is 2.65 bits per heavy atom. The second-order valence-corrected chi connectivity index (χ2v) is 6.59. The molecule has 0 saturated carbocycles. The molecule has 2 N–H and O–H groups in total. The summed E-state index contributed by atoms with van der Waals surface area (Å²) in [6.07, 6.45) is -0.0562. The number of ether oxygens (including phenoxy) is 1. The van der Waals surface area contributed by atoms with Gasteiger partial charge in [-0.1, -0.05) is 11.6 Å². The Morgan fingerprint density at radius 1 is 1.45 bits per heavy atom. The Kier molecular flexibility index (Phi) is 5.79. The second-order valence-electron chi connectivity index (χ2n) is 4.34. The number of aromatic carboxylic acids is 1. The van der Waals surface area contributed by atoms with Crippen LogP contribution in [0.1, 0.15) is 24.2 Å². The number of hydrogen-bond acceptors (Lipinski definition) is 4. The molecule has 0 amide bonds. The van der Waals surface area contributed by atoms with E-state index in [-0.39, 0.29) is 34.7 Å². The summed E-state index contributed by atoms with van der Waals surface area (Å²) in [7, 11) is -3.60. The van der Waals surface area contributed by atoms with Gasteiger partial charge in [-0.2, -0.15) is 0 Å². The number of halogens is 1. The number of nitrogens with one attached hydrogen (secondary N) is 1. The van der Waals surface area contributed by atoms with E-state index in [2.05, 4.69) is 4.72 Å². The highest BCUT2D eigenvalue weighted by Crippen LogP contribution is 2.21. The number of benzene rings is 1. The Hall–Kier alpha value is -1.31. The van der Waals surface area contributed by atoms with Crippen molar-refractivity contribution in [3.05, 3.63) is 28.8 Å². The van der Waals surface area contributed by atoms with Crippen LogP contribution in [0.2, 0.25) is 5.02 Å². The van der Waals surface area contributed by atoms with Crippen LogP contribution in [0.5, 0.6) is 0 Å². The fourth-order valence-corrected chi connectivity index (χ4v) is 2.48. The number of sulfonamides is 1. The second kappa shape index (κ2) is 6.92. The number of carboxylic acid groups (broad SMARTS) is 1. The predicted octanol–water partition coefficient (Wildman–Crippen LogP) is 2.20. The molecule has 0 unspecified atom stereocenters. The van der Waals surface area contributed by atoms with Crippen LogP contribution in [0.25, 0.3) is 0 Å². The molecule has 0 saturated heterocycles. The zero-order valence-electron chi connectivity index (χ0n) is 11.1. The number of carbonyl (C=O) groups is 1. The summed E-state index contributed by atoms with van der Waals surface area (Å²) >= 11 is 5.70. The molecule has 8 heteroatoms. The molecule has 112 valence electrons. The first kappa shape index (κ1) is 16.7. The van der Waals surface area contributed by atoms with E-state index < -0.39 is 16.0 Å². The standard InChI is InChI=1S/C12H16ClNO5S/c1-8(2)19-5-6-20(17,18)14-9-3-4-11(13)10(7-9)12(15)16/h3-4,7-8,14H,5-6H2,1-2H3,(H,15,16). The van der Waals surface area contributed by atoms with Gasteiger partial charge in [0.15, 0.2) is 0 Å². The molecule has 1 rings (SSSR count). The average Bonchev–Trinajstić information content (AvgIpc) is 2.30. The lowest BCUT2D eigenvalue weighted by atomic mass is 10.2. The topological polar surface area (TPSA) is 92.7 Å². The fourth-order valence-electron chi connectivity index (χ4n) is 1.38. The summed E-state index contributed by atoms with van der Waals surface area (Å²) in [6, 6.07) is 3.90. The van der Waals surface area contributed by atoms with E-state index in [0.29, 0.717) is 0 Å². The molecular weight excluding hydrogens is 306 g/mol. The Bertz CT molecular complexity index is 586. The van der Waals surface area contributed by atoms with E-state index in [0.717, 1.165) is 0 Å². The van der Waals surface area contributed by atoms with Gasteiger partial charge >= 0.3 is 5.97 Å². The van der Waals surface area contributed by atoms with Crippen LogP contribution >= 0.6 is 11.6 Å². The Labute approximate surface area is 122 Å². The lowest BCUT2D eigenvalue weighted by Crippen LogP contribution is -2.21. The van der Waals surface area contributed by atoms with Crippen LogP contribution in [0, 0.1) is 0 Å². The summed E-state index contributed by atoms with van der Waals surface area (Å²) in [5.74, 6) is -1.44. The quantitative estimate of drug-likeness (QED) is 0.803. The van der Waals surface area contributed by atoms with Crippen molar-refractivity contribution >= 4 is 33.3 Å². The van der Waals surface area contributed by atoms with E-state index in [9.17, 15) is 13.2 Å². The predicted molar refractivity (Wildman–Crippen MR) is 76.9 cm³/mol. The van der Waals surface area contributed by atoms with Gasteiger partial charge in [-0.05, 0) is 32.0 Å². The van der Waals surface area contributed by atoms with Crippen molar-refractivity contribution < 1.29 is 23.1 Å². The average molecular weight is 322 g/mol. The molecule has 0 aliphatic rings. The third-order valence-corrected chi connectivity index (χ3v) is 3.85. The van der Waals surface area contributed by atoms with Gasteiger partial charge in [-0.25, -0.2) is 13.2 Å². The molecular formula is C12H16ClNO5S. The maximum absolute atomic E-state index is 11.8. The zero-order chi connectivity index (χ0) is 15.3. The van der Waals surface area contributed by atoms with Crippen molar-refractivity contribution in [1.82, 2.24) is 0 Å². The van der Waals surface area contributed by atoms with Crippen LogP contribution in [-0.2, 0) is 14.8 Å². The number of hydrogen-bond donors (Lipinski definition) is 2. The Morgan fingerprint density at radius 2 is 2.10 bits per heavy atom. The summed E-state index contributed by atoms with van der Waals surface area (Å²) in [5.41, 5.74) is -0.0124. The molecule has 0 atom stereocenters. The zero-order valence-corrected chi connectivity index (χ0v) is 12.7. The highest BCUT2D eigenvalue weighted by molar-refractivity contribution is 7.92. The van der Waals surface area contributed by atoms with E-state index in [1.54, 1.807) is 13.8 Å². The van der Waals surface area contributed by atoms with Gasteiger partial charge in [-0.15, -0.1) is 0 Å². The van der Waals surface area contributed by atoms with Crippen molar-refractivity contribution in [2.75, 3.05) is 17.1 Å². The largest absolute Gasteiger partial charge is 0.478 e. The van der Waals surface area contributed by atoms with Crippen LogP contribution in [0.15, 0.2) is 18.2 Å². The van der Waals surface area contributed by atoms with E-state index >= 15 is 0 Å². The van der Waals surface area contributed by atoms with E-state index in [1.165, 1.54) is 18.2 Å². The number of anilines is 1. The van der Waals surface area contributed by atoms with Crippen LogP contribution in [-0.4, -0.2) is 38.0 Å². The van der Waals surface area contributed by atoms with Crippen LogP contribution in [0.3, 0.4) is 0 Å². The minimum absolute atomic E-state index is 0.0450. The van der Waals surface area contributed by atoms with Crippen molar-refractivity contribution in [1.29, 1.82) is 0 Å². The first-order valence-electron chi connectivity index (χ1n) is 5.86. The van der Waals surface area contributed by atoms with Crippen molar-refractivity contribution in [2.45, 2.75) is 20.0 Å². The monoisotopic (exact) mass is 321 g/mol. The van der Waals surface area contributed by atoms with Gasteiger partial charge < -0.3 is 9.84 Å². The first-order chi connectivity index (χ1) is 9.21. The van der Waals surface area contributed by atoms with Crippen LogP contribution in [0.4, 0.5) is 5.69 Å². The molecule has 0 aromatic heterocycles. The molecule has 6 nitrogen and oxygen atoms in total. The van der Waals surface area contributed by atoms with Gasteiger partial charge in [0.1, 0.15) is 0 Å². The maximum Gasteiger partial charge on any atom is 0.337 e. The molecule has 1 aromatic carbocycles. The SMILES string of the molecule is CC(C)OCCS(=O)(=O)Nc1ccc(Cl)c(C(=O)O)c1. The van der Waals surface area contributed by atoms with Gasteiger partial charge in [-0.3, -0.25) is 4.72 Å². The van der Waals surface area contributed by atoms with E-state index in [4.69, 9.17) is 21.4 Å². The summed E-state index contributed by atoms with van der Waals surface area (Å²) in [4.78, 5) is 10.9. The van der Waals surface area contributed by atoms with Crippen LogP contribution < -0.4 is 4.72 Å². The molecule has 0 spiro atoms. The van der Waals surface area contributed by atoms with Gasteiger partial charge in [0.05, 0.1) is 29.0 Å². The Balaban J connectivity index is 2.77. The van der Waals surface area contributed by atoms with Crippen molar-refractivity contribution in [3.8, 4) is 0 Å². The molecule has 0 radical (unpaired) electrons. The fraction of sp³-hybridized carbons (Fsp3) is 0.417. The number of carboxylic acids is 1. The lowest BCUT2D eigenvalue weighted by Gasteiger charge is -2.11. The third-order valence-electron chi connectivity index (χ3n) is 2.27. The molecule has 0 heterocycles. The molecule has 0 bridgehead atoms. The third kappa shape index (κ3) is 5.36. The molecule has 0 fully saturated rings. The minimum Gasteiger partial charge on any atom is -0.478 e. The minimum atomic E-state index is -3.60. The molecule has 0 aliphatic heterocycles. The normalized spacial score (nSPS) is 11.6. The number of rotatable bonds is 7. The highest BCUT2D eigenvalue weighted by atomic mass is 35.5. The van der Waals surface area contributed by atoms with Gasteiger partial charge in [0.2, 0.25) is 10.0 Å². The summed E-state index contributed by atoms with van der Waals surface area (Å²) < 4.78 is 31.0. The van der Waals surface area contributed by atoms with Crippen molar-refractivity contribution in [2.24, 2.45) is 0 Å². The highest BCUT2D eigenvalue weighted by Gasteiger charge is 2.14. The maximum atomic E-state index is 11.8. The van der Waals surface area contributed by atoms with Gasteiger partial charge in [0.25, 0.3) is 0 Å². The first-order valence-corrected chi connectivity index (χ1v) is 7.89. The van der Waals surface area contributed by atoms with Crippen molar-refractivity contribution in [3.63, 3.8) is 0 Å². The summed E-state index contributed by atoms with van der Waals surface area (Å²) in [5, 5.41) is 8.95. The van der Waals surface area contributed by atoms with E-state index in [1.807, 2.05) is 0 Å².